The minimum Gasteiger partial charge on any atom is -0.466 e. The van der Waals surface area contributed by atoms with E-state index in [0.717, 1.165) is 9.99 Å². The predicted molar refractivity (Wildman–Crippen MR) is 106 cm³/mol. The van der Waals surface area contributed by atoms with Gasteiger partial charge in [-0.25, -0.2) is 9.88 Å². The fraction of sp³-hybridized carbons (Fsp3) is 0.250. The molecule has 2 N–H and O–H groups in total. The van der Waals surface area contributed by atoms with Gasteiger partial charge in [-0.05, 0) is 30.3 Å². The zero-order chi connectivity index (χ0) is 19.3. The lowest BCUT2D eigenvalue weighted by Gasteiger charge is -2.47. The van der Waals surface area contributed by atoms with E-state index in [2.05, 4.69) is 31.2 Å². The first-order valence-electron chi connectivity index (χ1n) is 9.10. The Morgan fingerprint density at radius 3 is 2.75 bits per heavy atom. The number of halogens is 1. The van der Waals surface area contributed by atoms with E-state index >= 15 is 0 Å². The van der Waals surface area contributed by atoms with Crippen LogP contribution in [-0.2, 0) is 0 Å². The second-order valence-corrected chi connectivity index (χ2v) is 7.90. The minimum atomic E-state index is -1.01. The first kappa shape index (κ1) is 17.4. The summed E-state index contributed by atoms with van der Waals surface area (Å²) in [4.78, 5) is 35.5. The van der Waals surface area contributed by atoms with Crippen LogP contribution in [0, 0.1) is 0 Å². The molecule has 0 aliphatic carbocycles. The number of imidazole rings is 1. The predicted octanol–water partition coefficient (Wildman–Crippen LogP) is 3.08. The molecule has 0 unspecified atom stereocenters. The number of carbonyl (C=O) groups is 2. The maximum Gasteiger partial charge on any atom is 0.299 e. The summed E-state index contributed by atoms with van der Waals surface area (Å²) in [7, 11) is 0. The number of rotatable bonds is 1. The minimum absolute atomic E-state index is 0.134. The number of hydrogen-bond acceptors (Lipinski definition) is 5. The van der Waals surface area contributed by atoms with Crippen molar-refractivity contribution in [3.8, 4) is 5.75 Å². The van der Waals surface area contributed by atoms with Gasteiger partial charge >= 0.3 is 0 Å². The zero-order valence-electron chi connectivity index (χ0n) is 14.9. The average molecular weight is 441 g/mol. The Hall–Kier alpha value is -2.71. The maximum atomic E-state index is 13.4. The number of nitrogens with one attached hydrogen (secondary N) is 2. The third-order valence-corrected chi connectivity index (χ3v) is 5.76. The lowest BCUT2D eigenvalue weighted by Crippen LogP contribution is -2.64. The molecule has 0 radical (unpaired) electrons. The number of H-pyrrole nitrogens is 1. The smallest absolute Gasteiger partial charge is 0.299 e. The summed E-state index contributed by atoms with van der Waals surface area (Å²) in [6, 6.07) is 12.7. The van der Waals surface area contributed by atoms with Crippen LogP contribution in [0.2, 0.25) is 0 Å². The fourth-order valence-corrected chi connectivity index (χ4v) is 4.26. The number of fused-ring (bicyclic) bond motifs is 2. The summed E-state index contributed by atoms with van der Waals surface area (Å²) < 4.78 is 7.05. The molecule has 0 bridgehead atoms. The first-order valence-corrected chi connectivity index (χ1v) is 9.90. The summed E-state index contributed by atoms with van der Waals surface area (Å²) in [6.45, 7) is 1.31. The van der Waals surface area contributed by atoms with E-state index in [0.29, 0.717) is 42.8 Å². The number of aromatic nitrogens is 2. The summed E-state index contributed by atoms with van der Waals surface area (Å²) in [5, 5.41) is 3.26. The third kappa shape index (κ3) is 2.63. The van der Waals surface area contributed by atoms with Crippen molar-refractivity contribution >= 4 is 38.8 Å². The fourth-order valence-electron chi connectivity index (χ4n) is 3.89. The monoisotopic (exact) mass is 440 g/mol. The molecule has 3 aromatic rings. The molecular formula is C20H17BrN4O3. The lowest BCUT2D eigenvalue weighted by molar-refractivity contribution is -0.0780. The molecule has 3 heterocycles. The van der Waals surface area contributed by atoms with Crippen molar-refractivity contribution < 1.29 is 14.3 Å². The highest BCUT2D eigenvalue weighted by Crippen LogP contribution is 2.40. The number of imide groups is 1. The van der Waals surface area contributed by atoms with Crippen molar-refractivity contribution in [2.75, 3.05) is 13.1 Å². The number of ether oxygens (including phenoxy) is 1. The van der Waals surface area contributed by atoms with Crippen LogP contribution < -0.4 is 10.1 Å². The second kappa shape index (κ2) is 6.42. The molecule has 0 atom stereocenters. The van der Waals surface area contributed by atoms with Crippen molar-refractivity contribution in [2.24, 2.45) is 0 Å². The average Bonchev–Trinajstić information content (AvgIpc) is 3.14. The number of piperidine rings is 1. The van der Waals surface area contributed by atoms with E-state index in [1.54, 1.807) is 12.1 Å². The van der Waals surface area contributed by atoms with Gasteiger partial charge in [-0.2, -0.15) is 0 Å². The highest BCUT2D eigenvalue weighted by atomic mass is 79.9. The second-order valence-electron chi connectivity index (χ2n) is 6.99. The Morgan fingerprint density at radius 1 is 1.18 bits per heavy atom. The van der Waals surface area contributed by atoms with Gasteiger partial charge in [0.25, 0.3) is 11.8 Å². The molecule has 5 rings (SSSR count). The van der Waals surface area contributed by atoms with Crippen LogP contribution in [0.4, 0.5) is 0 Å². The lowest BCUT2D eigenvalue weighted by atomic mass is 9.95. The van der Waals surface area contributed by atoms with Gasteiger partial charge in [0.05, 0.1) is 16.6 Å². The van der Waals surface area contributed by atoms with Gasteiger partial charge in [-0.1, -0.05) is 28.1 Å². The number of benzene rings is 2. The van der Waals surface area contributed by atoms with Crippen molar-refractivity contribution in [3.63, 3.8) is 0 Å². The van der Waals surface area contributed by atoms with Gasteiger partial charge in [0, 0.05) is 30.4 Å². The van der Waals surface area contributed by atoms with Gasteiger partial charge in [0.15, 0.2) is 11.5 Å². The number of nitrogens with zero attached hydrogens (tertiary/aromatic N) is 2. The van der Waals surface area contributed by atoms with Gasteiger partial charge in [0.1, 0.15) is 5.75 Å². The van der Waals surface area contributed by atoms with Gasteiger partial charge < -0.3 is 15.0 Å². The van der Waals surface area contributed by atoms with Crippen LogP contribution in [0.1, 0.15) is 33.8 Å². The topological polar surface area (TPSA) is 87.3 Å². The van der Waals surface area contributed by atoms with Crippen LogP contribution in [0.25, 0.3) is 11.0 Å². The van der Waals surface area contributed by atoms with Crippen molar-refractivity contribution in [2.45, 2.75) is 18.6 Å². The van der Waals surface area contributed by atoms with Crippen molar-refractivity contribution in [1.29, 1.82) is 0 Å². The summed E-state index contributed by atoms with van der Waals surface area (Å²) in [5.41, 5.74) is 0.777. The molecule has 0 saturated carbocycles. The van der Waals surface area contributed by atoms with E-state index in [-0.39, 0.29) is 11.7 Å². The van der Waals surface area contributed by atoms with Gasteiger partial charge in [-0.3, -0.25) is 9.59 Å². The standard InChI is InChI=1S/C20H17BrN4O3/c21-12-5-6-16-13(11-12)18(26)25(20(28-16)7-9-22-10-8-20)19(27)17-23-14-3-1-2-4-15(14)24-17/h1-6,11,22H,7-10H2,(H,23,24). The Morgan fingerprint density at radius 2 is 1.96 bits per heavy atom. The SMILES string of the molecule is O=C(c1nc2ccccc2[nH]1)N1C(=O)c2cc(Br)ccc2OC12CCNCC2. The number of aromatic amines is 1. The van der Waals surface area contributed by atoms with Crippen LogP contribution >= 0.6 is 15.9 Å². The molecule has 1 saturated heterocycles. The van der Waals surface area contributed by atoms with Gasteiger partial charge in [0.2, 0.25) is 0 Å². The quantitative estimate of drug-likeness (QED) is 0.567. The number of carbonyl (C=O) groups excluding carboxylic acids is 2. The van der Waals surface area contributed by atoms with Crippen molar-refractivity contribution in [3.05, 3.63) is 58.3 Å². The maximum absolute atomic E-state index is 13.4. The highest BCUT2D eigenvalue weighted by molar-refractivity contribution is 9.10. The number of hydrogen-bond donors (Lipinski definition) is 2. The van der Waals surface area contributed by atoms with E-state index in [1.807, 2.05) is 30.3 Å². The Balaban J connectivity index is 1.63. The van der Waals surface area contributed by atoms with E-state index in [1.165, 1.54) is 4.90 Å². The van der Waals surface area contributed by atoms with E-state index in [9.17, 15) is 9.59 Å². The molecule has 1 fully saturated rings. The molecule has 1 aromatic heterocycles. The Bertz CT molecular complexity index is 1070. The first-order chi connectivity index (χ1) is 13.6. The molecule has 1 spiro atoms. The summed E-state index contributed by atoms with van der Waals surface area (Å²) >= 11 is 3.39. The molecule has 2 aromatic carbocycles. The molecule has 2 amide bonds. The number of amides is 2. The zero-order valence-corrected chi connectivity index (χ0v) is 16.5. The van der Waals surface area contributed by atoms with E-state index < -0.39 is 11.6 Å². The molecule has 8 heteroatoms. The Labute approximate surface area is 169 Å². The molecule has 2 aliphatic rings. The molecule has 2 aliphatic heterocycles. The largest absolute Gasteiger partial charge is 0.466 e. The highest BCUT2D eigenvalue weighted by Gasteiger charge is 2.51. The summed E-state index contributed by atoms with van der Waals surface area (Å²) in [5.74, 6) is -0.207. The van der Waals surface area contributed by atoms with Crippen LogP contribution in [0.3, 0.4) is 0 Å². The normalized spacial score (nSPS) is 18.2. The molecule has 28 heavy (non-hydrogen) atoms. The van der Waals surface area contributed by atoms with Gasteiger partial charge in [-0.15, -0.1) is 0 Å². The van der Waals surface area contributed by atoms with E-state index in [4.69, 9.17) is 4.74 Å². The van der Waals surface area contributed by atoms with Crippen molar-refractivity contribution in [1.82, 2.24) is 20.2 Å². The molecule has 7 nitrogen and oxygen atoms in total. The molecular weight excluding hydrogens is 424 g/mol. The summed E-state index contributed by atoms with van der Waals surface area (Å²) in [6.07, 6.45) is 1.03. The third-order valence-electron chi connectivity index (χ3n) is 5.26. The Kier molecular flexibility index (Phi) is 3.99. The van der Waals surface area contributed by atoms with Crippen LogP contribution in [-0.4, -0.2) is 45.5 Å². The molecule has 142 valence electrons. The number of para-hydroxylation sites is 2. The van der Waals surface area contributed by atoms with Crippen LogP contribution in [0.5, 0.6) is 5.75 Å². The van der Waals surface area contributed by atoms with Crippen LogP contribution in [0.15, 0.2) is 46.9 Å².